The van der Waals surface area contributed by atoms with Crippen LogP contribution in [0.15, 0.2) is 69.2 Å². The Bertz CT molecular complexity index is 879. The molecule has 1 heterocycles. The molecule has 3 rings (SSSR count). The van der Waals surface area contributed by atoms with Gasteiger partial charge < -0.3 is 10.1 Å². The molecule has 0 bridgehead atoms. The molecule has 1 aromatic carbocycles. The molecular formula is C21H22N2O3S. The summed E-state index contributed by atoms with van der Waals surface area (Å²) in [5, 5.41) is 3.31. The zero-order valence-electron chi connectivity index (χ0n) is 15.6. The third-order valence-corrected chi connectivity index (χ3v) is 5.23. The molecule has 1 aliphatic heterocycles. The number of nitrogens with zero attached hydrogens (tertiary/aromatic N) is 1. The largest absolute Gasteiger partial charge is 0.462 e. The van der Waals surface area contributed by atoms with E-state index < -0.39 is 11.9 Å². The predicted molar refractivity (Wildman–Crippen MR) is 108 cm³/mol. The summed E-state index contributed by atoms with van der Waals surface area (Å²) in [6.45, 7) is 4.33. The molecular weight excluding hydrogens is 360 g/mol. The monoisotopic (exact) mass is 382 g/mol. The quantitative estimate of drug-likeness (QED) is 0.464. The first kappa shape index (κ1) is 19.2. The smallest absolute Gasteiger partial charge is 0.345 e. The standard InChI is InChI=1S/C21H22N2O3S/c1-4-26-21(25)17-19(22-12-14-8-10-15(27-3)11-9-14)16-7-5-6-13(2)18(16)23-20(17)24/h5-11,16,22H,4,12H2,1-3H3. The Morgan fingerprint density at radius 3 is 2.70 bits per heavy atom. The van der Waals surface area contributed by atoms with Gasteiger partial charge in [-0.15, -0.1) is 11.8 Å². The van der Waals surface area contributed by atoms with Crippen molar-refractivity contribution < 1.29 is 14.3 Å². The Morgan fingerprint density at radius 2 is 2.04 bits per heavy atom. The van der Waals surface area contributed by atoms with Gasteiger partial charge in [0.1, 0.15) is 5.57 Å². The zero-order valence-corrected chi connectivity index (χ0v) is 16.4. The fraction of sp³-hybridized carbons (Fsp3) is 0.286. The van der Waals surface area contributed by atoms with Crippen LogP contribution in [0.5, 0.6) is 0 Å². The van der Waals surface area contributed by atoms with E-state index >= 15 is 0 Å². The Balaban J connectivity index is 1.92. The van der Waals surface area contributed by atoms with Gasteiger partial charge in [-0.1, -0.05) is 30.4 Å². The van der Waals surface area contributed by atoms with Gasteiger partial charge in [0.25, 0.3) is 5.91 Å². The number of benzene rings is 1. The molecule has 6 heteroatoms. The van der Waals surface area contributed by atoms with Crippen LogP contribution in [-0.2, 0) is 20.9 Å². The summed E-state index contributed by atoms with van der Waals surface area (Å²) in [5.74, 6) is -1.44. The Labute approximate surface area is 163 Å². The molecule has 0 fully saturated rings. The van der Waals surface area contributed by atoms with Crippen LogP contribution in [-0.4, -0.2) is 30.5 Å². The maximum absolute atomic E-state index is 12.6. The van der Waals surface area contributed by atoms with Crippen LogP contribution >= 0.6 is 11.8 Å². The summed E-state index contributed by atoms with van der Waals surface area (Å²) in [6, 6.07) is 8.17. The Kier molecular flexibility index (Phi) is 5.96. The molecule has 0 saturated heterocycles. The lowest BCUT2D eigenvalue weighted by atomic mass is 9.85. The minimum atomic E-state index is -0.633. The second-order valence-electron chi connectivity index (χ2n) is 6.23. The molecule has 140 valence electrons. The SMILES string of the molecule is CCOC(=O)C1=C(NCc2ccc(SC)cc2)C2C=CC=C(C)C2=NC1=O. The number of esters is 1. The van der Waals surface area contributed by atoms with Gasteiger partial charge in [-0.25, -0.2) is 9.79 Å². The van der Waals surface area contributed by atoms with Gasteiger partial charge in [-0.2, -0.15) is 0 Å². The highest BCUT2D eigenvalue weighted by Gasteiger charge is 2.36. The van der Waals surface area contributed by atoms with Crippen molar-refractivity contribution in [2.45, 2.75) is 25.3 Å². The van der Waals surface area contributed by atoms with Crippen LogP contribution in [0.1, 0.15) is 19.4 Å². The van der Waals surface area contributed by atoms with E-state index in [1.807, 2.05) is 43.5 Å². The number of hydrogen-bond donors (Lipinski definition) is 1. The maximum Gasteiger partial charge on any atom is 0.345 e. The highest BCUT2D eigenvalue weighted by molar-refractivity contribution is 7.98. The predicted octanol–water partition coefficient (Wildman–Crippen LogP) is 3.43. The lowest BCUT2D eigenvalue weighted by Gasteiger charge is -2.28. The second kappa shape index (κ2) is 8.39. The van der Waals surface area contributed by atoms with Crippen molar-refractivity contribution in [1.29, 1.82) is 0 Å². The van der Waals surface area contributed by atoms with Crippen LogP contribution in [0, 0.1) is 5.92 Å². The van der Waals surface area contributed by atoms with Gasteiger partial charge in [0, 0.05) is 17.1 Å². The van der Waals surface area contributed by atoms with E-state index in [9.17, 15) is 9.59 Å². The Hall–Kier alpha value is -2.60. The Morgan fingerprint density at radius 1 is 1.30 bits per heavy atom. The first-order valence-corrected chi connectivity index (χ1v) is 10.0. The minimum Gasteiger partial charge on any atom is -0.462 e. The van der Waals surface area contributed by atoms with Crippen molar-refractivity contribution in [3.63, 3.8) is 0 Å². The number of thioether (sulfide) groups is 1. The molecule has 5 nitrogen and oxygen atoms in total. The lowest BCUT2D eigenvalue weighted by molar-refractivity contribution is -0.140. The number of hydrogen-bond acceptors (Lipinski definition) is 5. The summed E-state index contributed by atoms with van der Waals surface area (Å²) >= 11 is 1.68. The molecule has 2 aliphatic rings. The van der Waals surface area contributed by atoms with E-state index in [-0.39, 0.29) is 18.1 Å². The fourth-order valence-electron chi connectivity index (χ4n) is 3.10. The number of nitrogens with one attached hydrogen (secondary N) is 1. The number of dihydropyridines is 1. The highest BCUT2D eigenvalue weighted by Crippen LogP contribution is 2.29. The van der Waals surface area contributed by atoms with E-state index in [2.05, 4.69) is 22.4 Å². The van der Waals surface area contributed by atoms with Gasteiger partial charge in [0.05, 0.1) is 18.2 Å². The number of aliphatic imine (C=N–C) groups is 1. The zero-order chi connectivity index (χ0) is 19.4. The average Bonchev–Trinajstić information content (AvgIpc) is 2.67. The first-order valence-electron chi connectivity index (χ1n) is 8.81. The van der Waals surface area contributed by atoms with E-state index in [0.717, 1.165) is 11.1 Å². The average molecular weight is 382 g/mol. The van der Waals surface area contributed by atoms with Crippen LogP contribution in [0.2, 0.25) is 0 Å². The number of rotatable bonds is 6. The van der Waals surface area contributed by atoms with Crippen molar-refractivity contribution in [3.8, 4) is 0 Å². The van der Waals surface area contributed by atoms with Crippen molar-refractivity contribution in [2.75, 3.05) is 12.9 Å². The normalized spacial score (nSPS) is 18.6. The molecule has 1 unspecified atom stereocenters. The third-order valence-electron chi connectivity index (χ3n) is 4.49. The molecule has 0 radical (unpaired) electrons. The van der Waals surface area contributed by atoms with Gasteiger partial charge in [0.2, 0.25) is 0 Å². The molecule has 1 atom stereocenters. The molecule has 1 aromatic rings. The van der Waals surface area contributed by atoms with Gasteiger partial charge in [-0.3, -0.25) is 4.79 Å². The molecule has 1 aliphatic carbocycles. The highest BCUT2D eigenvalue weighted by atomic mass is 32.2. The van der Waals surface area contributed by atoms with Crippen LogP contribution in [0.4, 0.5) is 0 Å². The number of fused-ring (bicyclic) bond motifs is 1. The van der Waals surface area contributed by atoms with Gasteiger partial charge in [0.15, 0.2) is 0 Å². The number of amides is 1. The maximum atomic E-state index is 12.6. The van der Waals surface area contributed by atoms with Crippen molar-refractivity contribution in [2.24, 2.45) is 10.9 Å². The number of carbonyl (C=O) groups is 2. The van der Waals surface area contributed by atoms with Crippen molar-refractivity contribution >= 4 is 29.4 Å². The summed E-state index contributed by atoms with van der Waals surface area (Å²) in [5.41, 5.74) is 3.21. The van der Waals surface area contributed by atoms with E-state index in [1.165, 1.54) is 4.90 Å². The van der Waals surface area contributed by atoms with Crippen LogP contribution < -0.4 is 5.32 Å². The number of ether oxygens (including phenoxy) is 1. The molecule has 1 amide bonds. The summed E-state index contributed by atoms with van der Waals surface area (Å²) in [6.07, 6.45) is 7.81. The fourth-order valence-corrected chi connectivity index (χ4v) is 3.51. The summed E-state index contributed by atoms with van der Waals surface area (Å²) < 4.78 is 5.10. The lowest BCUT2D eigenvalue weighted by Crippen LogP contribution is -2.36. The number of carbonyl (C=O) groups excluding carboxylic acids is 2. The molecule has 0 saturated carbocycles. The van der Waals surface area contributed by atoms with E-state index in [0.29, 0.717) is 18.0 Å². The van der Waals surface area contributed by atoms with Gasteiger partial charge in [-0.05, 0) is 43.4 Å². The number of allylic oxidation sites excluding steroid dienone is 4. The molecule has 1 N–H and O–H groups in total. The molecule has 0 spiro atoms. The van der Waals surface area contributed by atoms with Crippen LogP contribution in [0.25, 0.3) is 0 Å². The first-order chi connectivity index (χ1) is 13.0. The molecule has 27 heavy (non-hydrogen) atoms. The van der Waals surface area contributed by atoms with E-state index in [4.69, 9.17) is 4.74 Å². The second-order valence-corrected chi connectivity index (χ2v) is 7.10. The summed E-state index contributed by atoms with van der Waals surface area (Å²) in [4.78, 5) is 30.3. The van der Waals surface area contributed by atoms with Gasteiger partial charge >= 0.3 is 5.97 Å². The third kappa shape index (κ3) is 4.06. The van der Waals surface area contributed by atoms with Crippen LogP contribution in [0.3, 0.4) is 0 Å². The summed E-state index contributed by atoms with van der Waals surface area (Å²) in [7, 11) is 0. The van der Waals surface area contributed by atoms with Crippen molar-refractivity contribution in [1.82, 2.24) is 5.32 Å². The van der Waals surface area contributed by atoms with E-state index in [1.54, 1.807) is 18.7 Å². The topological polar surface area (TPSA) is 67.8 Å². The molecule has 0 aromatic heterocycles. The minimum absolute atomic E-state index is 0.00863. The van der Waals surface area contributed by atoms with Crippen molar-refractivity contribution in [3.05, 3.63) is 64.9 Å².